The molecule has 0 amide bonds. The molecule has 0 spiro atoms. The number of pyridine rings is 1. The van der Waals surface area contributed by atoms with Gasteiger partial charge in [0, 0.05) is 23.4 Å². The highest BCUT2D eigenvalue weighted by atomic mass is 27.3. The molecule has 152 valence electrons. The monoisotopic (exact) mass is 432 g/mol. The summed E-state index contributed by atoms with van der Waals surface area (Å²) in [5.74, 6) is 1.95. The predicted octanol–water partition coefficient (Wildman–Crippen LogP) is 5.97. The van der Waals surface area contributed by atoms with Gasteiger partial charge in [0.05, 0.1) is 5.75 Å². The van der Waals surface area contributed by atoms with Gasteiger partial charge in [-0.2, -0.15) is 0 Å². The van der Waals surface area contributed by atoms with Gasteiger partial charge in [-0.25, -0.2) is 0 Å². The molecular weight excluding hydrogens is 415 g/mol. The van der Waals surface area contributed by atoms with Crippen LogP contribution in [0, 0.1) is 0 Å². The average Bonchev–Trinajstić information content (AvgIpc) is 2.91. The summed E-state index contributed by atoms with van der Waals surface area (Å²) in [5.41, 5.74) is 2.41. The number of hydrogen-bond donors (Lipinski definition) is 0. The van der Waals surface area contributed by atoms with E-state index in [9.17, 15) is 0 Å². The molecule has 6 rings (SSSR count). The highest BCUT2D eigenvalue weighted by Crippen LogP contribution is 2.34. The van der Waals surface area contributed by atoms with E-state index in [1.54, 1.807) is 6.20 Å². The standard InChI is InChI=1S/C17H13NO2.C9H7NO.Al/c19-16-10-9-12-5-1-2-6-13(12)14(16)11-18-15-7-3-4-8-17(15)20;11-8-5-1-3-7-4-2-6-10-9(7)8;/h1-11,19-20H;1-6,11H;/q;;+3/p-3. The number of aliphatic imine (C=N–C) groups is 1. The first-order valence-corrected chi connectivity index (χ1v) is 11.8. The van der Waals surface area contributed by atoms with Crippen LogP contribution in [0.3, 0.4) is 0 Å². The molecule has 0 unspecified atom stereocenters. The minimum atomic E-state index is -2.74. The normalized spacial score (nSPS) is 12.7. The number of rotatable bonds is 2. The van der Waals surface area contributed by atoms with E-state index in [0.717, 1.165) is 32.9 Å². The Kier molecular flexibility index (Phi) is 4.73. The maximum atomic E-state index is 6.41. The highest BCUT2D eigenvalue weighted by Gasteiger charge is 2.46. The Morgan fingerprint density at radius 3 is 2.50 bits per heavy atom. The zero-order valence-corrected chi connectivity index (χ0v) is 18.2. The predicted molar refractivity (Wildman–Crippen MR) is 127 cm³/mol. The van der Waals surface area contributed by atoms with Gasteiger partial charge in [-0.1, -0.05) is 60.7 Å². The molecule has 1 aromatic heterocycles. The van der Waals surface area contributed by atoms with Gasteiger partial charge in [-0.15, -0.1) is 0 Å². The van der Waals surface area contributed by atoms with Crippen LogP contribution in [0.1, 0.15) is 5.56 Å². The third-order valence-corrected chi connectivity index (χ3v) is 6.73. The topological polar surface area (TPSA) is 52.9 Å². The first-order chi connectivity index (χ1) is 15.8. The fourth-order valence-corrected chi connectivity index (χ4v) is 5.22. The van der Waals surface area contributed by atoms with Crippen molar-refractivity contribution in [1.82, 2.24) is 4.98 Å². The van der Waals surface area contributed by atoms with E-state index in [2.05, 4.69) is 17.1 Å². The van der Waals surface area contributed by atoms with Crippen LogP contribution in [-0.2, 0) is 0 Å². The molecule has 2 heterocycles. The lowest BCUT2D eigenvalue weighted by atomic mass is 10.0. The molecule has 4 aromatic carbocycles. The van der Waals surface area contributed by atoms with Gasteiger partial charge >= 0.3 is 15.1 Å². The molecule has 0 bridgehead atoms. The lowest BCUT2D eigenvalue weighted by Crippen LogP contribution is -2.37. The first-order valence-electron chi connectivity index (χ1n) is 10.3. The number of para-hydroxylation sites is 3. The Hall–Kier alpha value is -3.85. The van der Waals surface area contributed by atoms with Crippen molar-refractivity contribution in [2.75, 3.05) is 0 Å². The Bertz CT molecular complexity index is 1480. The smallest absolute Gasteiger partial charge is 0.577 e. The van der Waals surface area contributed by atoms with Crippen molar-refractivity contribution in [1.29, 1.82) is 0 Å². The Labute approximate surface area is 189 Å². The van der Waals surface area contributed by atoms with Crippen molar-refractivity contribution < 1.29 is 11.4 Å². The minimum Gasteiger partial charge on any atom is -0.577 e. The van der Waals surface area contributed by atoms with Crippen LogP contribution in [0.5, 0.6) is 17.2 Å². The van der Waals surface area contributed by atoms with Crippen LogP contribution < -0.4 is 11.4 Å². The minimum absolute atomic E-state index is 0.630. The van der Waals surface area contributed by atoms with E-state index in [-0.39, 0.29) is 0 Å². The van der Waals surface area contributed by atoms with Crippen molar-refractivity contribution in [3.63, 3.8) is 0 Å². The molecule has 32 heavy (non-hydrogen) atoms. The first kappa shape index (κ1) is 18.9. The summed E-state index contributed by atoms with van der Waals surface area (Å²) in [6.45, 7) is 0. The molecule has 0 saturated carbocycles. The van der Waals surface area contributed by atoms with Crippen molar-refractivity contribution >= 4 is 48.7 Å². The summed E-state index contributed by atoms with van der Waals surface area (Å²) >= 11 is -2.74. The molecule has 0 N–H and O–H groups in total. The van der Waals surface area contributed by atoms with Crippen molar-refractivity contribution in [3.05, 3.63) is 103 Å². The molecule has 0 fully saturated rings. The van der Waals surface area contributed by atoms with E-state index in [0.29, 0.717) is 17.2 Å². The van der Waals surface area contributed by atoms with E-state index < -0.39 is 15.1 Å². The third kappa shape index (κ3) is 3.46. The van der Waals surface area contributed by atoms with E-state index in [1.165, 1.54) is 0 Å². The van der Waals surface area contributed by atoms with Gasteiger partial charge in [0.25, 0.3) is 0 Å². The lowest BCUT2D eigenvalue weighted by molar-refractivity contribution is 0.309. The third-order valence-electron chi connectivity index (χ3n) is 5.39. The van der Waals surface area contributed by atoms with E-state index in [4.69, 9.17) is 16.4 Å². The van der Waals surface area contributed by atoms with Gasteiger partial charge in [0.1, 0.15) is 22.7 Å². The lowest BCUT2D eigenvalue weighted by Gasteiger charge is -2.18. The van der Waals surface area contributed by atoms with Crippen LogP contribution in [-0.4, -0.2) is 26.3 Å². The highest BCUT2D eigenvalue weighted by molar-refractivity contribution is 6.40. The second kappa shape index (κ2) is 8.01. The maximum Gasteiger partial charge on any atom is 1.20 e. The molecule has 1 aliphatic rings. The van der Waals surface area contributed by atoms with Gasteiger partial charge in [0.2, 0.25) is 0 Å². The second-order valence-electron chi connectivity index (χ2n) is 7.40. The second-order valence-corrected chi connectivity index (χ2v) is 8.68. The summed E-state index contributed by atoms with van der Waals surface area (Å²) in [5, 5.41) is 3.18. The molecular formula is C26H17AlN2O3. The molecule has 5 aromatic rings. The Balaban J connectivity index is 1.49. The summed E-state index contributed by atoms with van der Waals surface area (Å²) in [7, 11) is 0. The fraction of sp³-hybridized carbons (Fsp3) is 0. The average molecular weight is 432 g/mol. The van der Waals surface area contributed by atoms with Crippen LogP contribution in [0.2, 0.25) is 0 Å². The number of hydrogen-bond acceptors (Lipinski definition) is 5. The van der Waals surface area contributed by atoms with Gasteiger partial charge in [-0.05, 0) is 41.1 Å². The molecule has 0 saturated heterocycles. The Morgan fingerprint density at radius 2 is 1.50 bits per heavy atom. The number of nitrogens with zero attached hydrogens (tertiary/aromatic N) is 2. The summed E-state index contributed by atoms with van der Waals surface area (Å²) in [6, 6.07) is 29.6. The summed E-state index contributed by atoms with van der Waals surface area (Å²) < 4.78 is 19.1. The number of aromatic nitrogens is 1. The van der Waals surface area contributed by atoms with Crippen molar-refractivity contribution in [2.24, 2.45) is 4.99 Å². The number of fused-ring (bicyclic) bond motifs is 5. The molecule has 0 atom stereocenters. The van der Waals surface area contributed by atoms with Crippen molar-refractivity contribution in [3.8, 4) is 17.2 Å². The van der Waals surface area contributed by atoms with E-state index in [1.807, 2.05) is 85.1 Å². The number of benzene rings is 4. The fourth-order valence-electron chi connectivity index (χ4n) is 3.86. The van der Waals surface area contributed by atoms with Crippen LogP contribution in [0.15, 0.2) is 102 Å². The molecule has 6 heteroatoms. The molecule has 1 aliphatic heterocycles. The summed E-state index contributed by atoms with van der Waals surface area (Å²) in [4.78, 5) is 9.21. The van der Waals surface area contributed by atoms with Gasteiger partial charge in [-0.3, -0.25) is 9.98 Å². The zero-order chi connectivity index (χ0) is 21.3. The zero-order valence-electron chi connectivity index (χ0n) is 17.0. The van der Waals surface area contributed by atoms with Gasteiger partial charge < -0.3 is 11.4 Å². The Morgan fingerprint density at radius 1 is 0.688 bits per heavy atom. The SMILES string of the molecule is C1=Nc2ccccc2[O][Al]([O]c2cccc3cccnc23)[O]c2ccc3ccccc3c21. The molecule has 0 radical (unpaired) electrons. The maximum absolute atomic E-state index is 6.41. The van der Waals surface area contributed by atoms with Crippen LogP contribution >= 0.6 is 0 Å². The largest absolute Gasteiger partial charge is 1.20 e. The summed E-state index contributed by atoms with van der Waals surface area (Å²) in [6.07, 6.45) is 3.60. The quantitative estimate of drug-likeness (QED) is 0.322. The molecule has 5 nitrogen and oxygen atoms in total. The van der Waals surface area contributed by atoms with E-state index >= 15 is 0 Å². The van der Waals surface area contributed by atoms with Crippen LogP contribution in [0.4, 0.5) is 5.69 Å². The van der Waals surface area contributed by atoms with Crippen LogP contribution in [0.25, 0.3) is 21.7 Å². The van der Waals surface area contributed by atoms with Crippen molar-refractivity contribution in [2.45, 2.75) is 0 Å². The van der Waals surface area contributed by atoms with Gasteiger partial charge in [0.15, 0.2) is 0 Å². The molecule has 0 aliphatic carbocycles.